The van der Waals surface area contributed by atoms with E-state index >= 15 is 0 Å². The number of nitrogens with two attached hydrogens (primary N) is 1. The van der Waals surface area contributed by atoms with Crippen LogP contribution in [0, 0.1) is 0 Å². The normalized spacial score (nSPS) is 14.9. The van der Waals surface area contributed by atoms with Gasteiger partial charge in [-0.3, -0.25) is 0 Å². The molecule has 0 amide bonds. The van der Waals surface area contributed by atoms with Crippen molar-refractivity contribution in [3.05, 3.63) is 18.2 Å². The van der Waals surface area contributed by atoms with Crippen LogP contribution in [0.5, 0.6) is 17.2 Å². The number of hydrogen-bond donors (Lipinski definition) is 1. The minimum atomic E-state index is 0.284. The largest absolute Gasteiger partial charge is 0.492 e. The highest BCUT2D eigenvalue weighted by molar-refractivity contribution is 5.46. The van der Waals surface area contributed by atoms with Gasteiger partial charge >= 0.3 is 0 Å². The lowest BCUT2D eigenvalue weighted by Crippen LogP contribution is -2.35. The number of likely N-dealkylation sites (N-methyl/N-ethyl adjacent to an activating group) is 1. The van der Waals surface area contributed by atoms with Crippen molar-refractivity contribution in [1.82, 2.24) is 4.90 Å². The van der Waals surface area contributed by atoms with Crippen LogP contribution in [-0.4, -0.2) is 45.0 Å². The molecule has 0 saturated carbocycles. The molecule has 0 saturated heterocycles. The fraction of sp³-hybridized carbons (Fsp3) is 0.538. The van der Waals surface area contributed by atoms with Gasteiger partial charge in [-0.1, -0.05) is 0 Å². The van der Waals surface area contributed by atoms with Crippen LogP contribution in [-0.2, 0) is 0 Å². The van der Waals surface area contributed by atoms with E-state index in [1.165, 1.54) is 0 Å². The van der Waals surface area contributed by atoms with E-state index in [0.29, 0.717) is 19.2 Å². The molecule has 1 heterocycles. The molecule has 100 valence electrons. The molecule has 5 heteroatoms. The smallest absolute Gasteiger partial charge is 0.231 e. The van der Waals surface area contributed by atoms with Crippen LogP contribution in [0.4, 0.5) is 0 Å². The average molecular weight is 252 g/mol. The Morgan fingerprint density at radius 2 is 2.11 bits per heavy atom. The zero-order chi connectivity index (χ0) is 13.0. The maximum Gasteiger partial charge on any atom is 0.231 e. The lowest BCUT2D eigenvalue weighted by atomic mass is 10.2. The number of benzene rings is 1. The molecular formula is C13H20N2O3. The van der Waals surface area contributed by atoms with Crippen molar-refractivity contribution in [3.8, 4) is 17.2 Å². The Balaban J connectivity index is 1.93. The van der Waals surface area contributed by atoms with Gasteiger partial charge in [0.2, 0.25) is 6.79 Å². The first-order valence-electron chi connectivity index (χ1n) is 6.09. The van der Waals surface area contributed by atoms with E-state index in [1.54, 1.807) is 0 Å². The van der Waals surface area contributed by atoms with Gasteiger partial charge in [0.25, 0.3) is 0 Å². The Kier molecular flexibility index (Phi) is 4.28. The van der Waals surface area contributed by atoms with Crippen molar-refractivity contribution < 1.29 is 14.2 Å². The molecular weight excluding hydrogens is 232 g/mol. The van der Waals surface area contributed by atoms with Gasteiger partial charge in [-0.15, -0.1) is 0 Å². The fourth-order valence-electron chi connectivity index (χ4n) is 1.84. The lowest BCUT2D eigenvalue weighted by Gasteiger charge is -2.23. The molecule has 0 aliphatic carbocycles. The third kappa shape index (κ3) is 3.05. The molecule has 0 radical (unpaired) electrons. The van der Waals surface area contributed by atoms with E-state index in [2.05, 4.69) is 4.90 Å². The Labute approximate surface area is 107 Å². The summed E-state index contributed by atoms with van der Waals surface area (Å²) < 4.78 is 16.3. The second-order valence-corrected chi connectivity index (χ2v) is 4.52. The highest BCUT2D eigenvalue weighted by Gasteiger charge is 2.15. The second-order valence-electron chi connectivity index (χ2n) is 4.52. The zero-order valence-corrected chi connectivity index (χ0v) is 10.9. The summed E-state index contributed by atoms with van der Waals surface area (Å²) in [5.74, 6) is 2.31. The fourth-order valence-corrected chi connectivity index (χ4v) is 1.84. The van der Waals surface area contributed by atoms with Crippen LogP contribution in [0.3, 0.4) is 0 Å². The maximum absolute atomic E-state index is 5.77. The van der Waals surface area contributed by atoms with Gasteiger partial charge in [-0.25, -0.2) is 0 Å². The van der Waals surface area contributed by atoms with Gasteiger partial charge in [0.05, 0.1) is 0 Å². The number of ether oxygens (including phenoxy) is 3. The summed E-state index contributed by atoms with van der Waals surface area (Å²) in [5.41, 5.74) is 5.59. The van der Waals surface area contributed by atoms with Crippen molar-refractivity contribution in [2.24, 2.45) is 5.73 Å². The van der Waals surface area contributed by atoms with Crippen LogP contribution in [0.25, 0.3) is 0 Å². The summed E-state index contributed by atoms with van der Waals surface area (Å²) >= 11 is 0. The quantitative estimate of drug-likeness (QED) is 0.821. The second kappa shape index (κ2) is 5.93. The molecule has 1 unspecified atom stereocenters. The first-order valence-corrected chi connectivity index (χ1v) is 6.09. The number of rotatable bonds is 6. The maximum atomic E-state index is 5.77. The standard InChI is InChI=1S/C13H20N2O3/c1-15(2)10(5-6-14)8-16-11-3-4-12-13(7-11)18-9-17-12/h3-4,7,10H,5-6,8-9,14H2,1-2H3. The van der Waals surface area contributed by atoms with E-state index in [9.17, 15) is 0 Å². The van der Waals surface area contributed by atoms with E-state index in [-0.39, 0.29) is 6.79 Å². The molecule has 1 aliphatic rings. The van der Waals surface area contributed by atoms with Gasteiger partial charge in [0.15, 0.2) is 11.5 Å². The highest BCUT2D eigenvalue weighted by Crippen LogP contribution is 2.35. The van der Waals surface area contributed by atoms with Crippen LogP contribution >= 0.6 is 0 Å². The van der Waals surface area contributed by atoms with E-state index in [1.807, 2.05) is 32.3 Å². The minimum absolute atomic E-state index is 0.284. The Morgan fingerprint density at radius 3 is 2.83 bits per heavy atom. The van der Waals surface area contributed by atoms with Gasteiger partial charge in [0.1, 0.15) is 12.4 Å². The average Bonchev–Trinajstić information content (AvgIpc) is 2.81. The highest BCUT2D eigenvalue weighted by atomic mass is 16.7. The Morgan fingerprint density at radius 1 is 1.33 bits per heavy atom. The van der Waals surface area contributed by atoms with Crippen LogP contribution in [0.15, 0.2) is 18.2 Å². The van der Waals surface area contributed by atoms with Gasteiger partial charge in [0, 0.05) is 12.1 Å². The third-order valence-corrected chi connectivity index (χ3v) is 3.02. The zero-order valence-electron chi connectivity index (χ0n) is 10.9. The molecule has 18 heavy (non-hydrogen) atoms. The summed E-state index contributed by atoms with van der Waals surface area (Å²) in [6, 6.07) is 5.94. The molecule has 0 aromatic heterocycles. The first kappa shape index (κ1) is 13.0. The summed E-state index contributed by atoms with van der Waals surface area (Å²) in [5, 5.41) is 0. The lowest BCUT2D eigenvalue weighted by molar-refractivity contribution is 0.172. The Bertz CT molecular complexity index is 396. The Hall–Kier alpha value is -1.46. The monoisotopic (exact) mass is 252 g/mol. The van der Waals surface area contributed by atoms with E-state index in [0.717, 1.165) is 23.7 Å². The van der Waals surface area contributed by atoms with Gasteiger partial charge in [-0.2, -0.15) is 0 Å². The molecule has 1 aromatic rings. The van der Waals surface area contributed by atoms with E-state index in [4.69, 9.17) is 19.9 Å². The van der Waals surface area contributed by atoms with Crippen LogP contribution in [0.1, 0.15) is 6.42 Å². The van der Waals surface area contributed by atoms with Crippen molar-refractivity contribution in [1.29, 1.82) is 0 Å². The van der Waals surface area contributed by atoms with E-state index < -0.39 is 0 Å². The van der Waals surface area contributed by atoms with Crippen molar-refractivity contribution in [2.75, 3.05) is 34.0 Å². The predicted octanol–water partition coefficient (Wildman–Crippen LogP) is 1.07. The topological polar surface area (TPSA) is 57.0 Å². The van der Waals surface area contributed by atoms with Gasteiger partial charge < -0.3 is 24.8 Å². The molecule has 5 nitrogen and oxygen atoms in total. The molecule has 1 atom stereocenters. The summed E-state index contributed by atoms with van der Waals surface area (Å²) in [6.45, 7) is 1.56. The summed E-state index contributed by atoms with van der Waals surface area (Å²) in [4.78, 5) is 2.12. The molecule has 0 spiro atoms. The molecule has 1 aromatic carbocycles. The van der Waals surface area contributed by atoms with Crippen molar-refractivity contribution in [2.45, 2.75) is 12.5 Å². The molecule has 0 bridgehead atoms. The minimum Gasteiger partial charge on any atom is -0.492 e. The number of nitrogens with zero attached hydrogens (tertiary/aromatic N) is 1. The first-order chi connectivity index (χ1) is 8.70. The van der Waals surface area contributed by atoms with Crippen LogP contribution < -0.4 is 19.9 Å². The van der Waals surface area contributed by atoms with Crippen LogP contribution in [0.2, 0.25) is 0 Å². The number of hydrogen-bond acceptors (Lipinski definition) is 5. The summed E-state index contributed by atoms with van der Waals surface area (Å²) in [6.07, 6.45) is 0.914. The van der Waals surface area contributed by atoms with Gasteiger partial charge in [-0.05, 0) is 39.2 Å². The number of fused-ring (bicyclic) bond motifs is 1. The molecule has 1 aliphatic heterocycles. The molecule has 2 rings (SSSR count). The third-order valence-electron chi connectivity index (χ3n) is 3.02. The molecule has 0 fully saturated rings. The van der Waals surface area contributed by atoms with Crippen molar-refractivity contribution in [3.63, 3.8) is 0 Å². The van der Waals surface area contributed by atoms with Crippen molar-refractivity contribution >= 4 is 0 Å². The summed E-state index contributed by atoms with van der Waals surface area (Å²) in [7, 11) is 4.06. The predicted molar refractivity (Wildman–Crippen MR) is 69.2 cm³/mol. The SMILES string of the molecule is CN(C)C(CCN)COc1ccc2c(c1)OCO2. The molecule has 2 N–H and O–H groups in total.